The normalized spacial score (nSPS) is 10.7. The molecule has 5 nitrogen and oxygen atoms in total. The van der Waals surface area contributed by atoms with Crippen LogP contribution in [0.5, 0.6) is 0 Å². The van der Waals surface area contributed by atoms with Crippen LogP contribution in [0.15, 0.2) is 77.4 Å². The maximum absolute atomic E-state index is 13.5. The number of anilines is 2. The highest BCUT2D eigenvalue weighted by molar-refractivity contribution is 6.03. The molecule has 2 aromatic carbocycles. The monoisotopic (exact) mass is 350 g/mol. The smallest absolute Gasteiger partial charge is 0.291 e. The number of amides is 2. The van der Waals surface area contributed by atoms with Crippen LogP contribution in [-0.2, 0) is 4.79 Å². The topological polar surface area (TPSA) is 71.3 Å². The van der Waals surface area contributed by atoms with E-state index in [2.05, 4.69) is 10.6 Å². The number of carbonyl (C=O) groups is 2. The summed E-state index contributed by atoms with van der Waals surface area (Å²) in [5.74, 6) is -0.936. The van der Waals surface area contributed by atoms with Gasteiger partial charge in [-0.3, -0.25) is 9.59 Å². The first-order valence-electron chi connectivity index (χ1n) is 7.80. The van der Waals surface area contributed by atoms with Crippen LogP contribution in [0, 0.1) is 5.82 Å². The zero-order chi connectivity index (χ0) is 18.4. The molecule has 1 heterocycles. The van der Waals surface area contributed by atoms with Crippen molar-refractivity contribution in [1.29, 1.82) is 0 Å². The number of rotatable bonds is 5. The van der Waals surface area contributed by atoms with E-state index in [-0.39, 0.29) is 17.6 Å². The minimum absolute atomic E-state index is 0.209. The second kappa shape index (κ2) is 7.94. The highest BCUT2D eigenvalue weighted by atomic mass is 19.1. The molecule has 3 aromatic rings. The van der Waals surface area contributed by atoms with Crippen molar-refractivity contribution in [2.45, 2.75) is 0 Å². The Hall–Kier alpha value is -3.67. The van der Waals surface area contributed by atoms with E-state index in [0.717, 1.165) is 0 Å². The number of carbonyl (C=O) groups excluding carboxylic acids is 2. The molecular formula is C20H15FN2O3. The predicted molar refractivity (Wildman–Crippen MR) is 97.2 cm³/mol. The third-order valence-electron chi connectivity index (χ3n) is 3.47. The van der Waals surface area contributed by atoms with Gasteiger partial charge in [-0.2, -0.15) is 0 Å². The van der Waals surface area contributed by atoms with Crippen molar-refractivity contribution in [1.82, 2.24) is 0 Å². The lowest BCUT2D eigenvalue weighted by atomic mass is 10.2. The molecule has 0 radical (unpaired) electrons. The van der Waals surface area contributed by atoms with Crippen molar-refractivity contribution in [3.63, 3.8) is 0 Å². The van der Waals surface area contributed by atoms with E-state index in [1.54, 1.807) is 54.6 Å². The molecule has 0 aliphatic rings. The van der Waals surface area contributed by atoms with Crippen LogP contribution < -0.4 is 10.6 Å². The average molecular weight is 350 g/mol. The number of hydrogen-bond acceptors (Lipinski definition) is 3. The molecule has 0 unspecified atom stereocenters. The standard InChI is InChI=1S/C20H15FN2O3/c21-17-5-2-1-4-14(17)7-12-19(24)22-15-8-10-16(11-9-15)23-20(25)18-6-3-13-26-18/h1-13H,(H,22,24)(H,23,25)/b12-7+. The van der Waals surface area contributed by atoms with Crippen molar-refractivity contribution < 1.29 is 18.4 Å². The fourth-order valence-corrected chi connectivity index (χ4v) is 2.20. The Morgan fingerprint density at radius 2 is 1.58 bits per heavy atom. The summed E-state index contributed by atoms with van der Waals surface area (Å²) < 4.78 is 18.5. The highest BCUT2D eigenvalue weighted by Gasteiger charge is 2.08. The molecule has 3 rings (SSSR count). The largest absolute Gasteiger partial charge is 0.459 e. The van der Waals surface area contributed by atoms with Gasteiger partial charge in [-0.15, -0.1) is 0 Å². The second-order valence-corrected chi connectivity index (χ2v) is 5.35. The van der Waals surface area contributed by atoms with Gasteiger partial charge in [0.1, 0.15) is 5.82 Å². The van der Waals surface area contributed by atoms with E-state index in [4.69, 9.17) is 4.42 Å². The third kappa shape index (κ3) is 4.45. The van der Waals surface area contributed by atoms with Crippen molar-refractivity contribution in [3.05, 3.63) is 90.1 Å². The molecule has 0 saturated carbocycles. The van der Waals surface area contributed by atoms with Gasteiger partial charge in [-0.1, -0.05) is 18.2 Å². The minimum Gasteiger partial charge on any atom is -0.459 e. The van der Waals surface area contributed by atoms with Gasteiger partial charge in [-0.05, 0) is 48.5 Å². The maximum atomic E-state index is 13.5. The van der Waals surface area contributed by atoms with Crippen LogP contribution in [0.4, 0.5) is 15.8 Å². The molecule has 0 bridgehead atoms. The summed E-state index contributed by atoms with van der Waals surface area (Å²) in [6, 6.07) is 16.0. The molecule has 0 saturated heterocycles. The van der Waals surface area contributed by atoms with E-state index in [0.29, 0.717) is 16.9 Å². The fraction of sp³-hybridized carbons (Fsp3) is 0. The molecule has 0 aliphatic carbocycles. The first-order chi connectivity index (χ1) is 12.6. The summed E-state index contributed by atoms with van der Waals surface area (Å²) in [7, 11) is 0. The summed E-state index contributed by atoms with van der Waals surface area (Å²) >= 11 is 0. The number of hydrogen-bond donors (Lipinski definition) is 2. The summed E-state index contributed by atoms with van der Waals surface area (Å²) in [6.45, 7) is 0. The quantitative estimate of drug-likeness (QED) is 0.673. The summed E-state index contributed by atoms with van der Waals surface area (Å²) in [5.41, 5.74) is 1.44. The zero-order valence-corrected chi connectivity index (χ0v) is 13.6. The summed E-state index contributed by atoms with van der Waals surface area (Å²) in [4.78, 5) is 23.8. The van der Waals surface area contributed by atoms with Crippen LogP contribution in [0.25, 0.3) is 6.08 Å². The highest BCUT2D eigenvalue weighted by Crippen LogP contribution is 2.15. The molecule has 6 heteroatoms. The minimum atomic E-state index is -0.395. The summed E-state index contributed by atoms with van der Waals surface area (Å²) in [6.07, 6.45) is 4.08. The lowest BCUT2D eigenvalue weighted by Crippen LogP contribution is -2.11. The lowest BCUT2D eigenvalue weighted by Gasteiger charge is -2.06. The van der Waals surface area contributed by atoms with Gasteiger partial charge in [0.15, 0.2) is 5.76 Å². The van der Waals surface area contributed by atoms with E-state index >= 15 is 0 Å². The predicted octanol–water partition coefficient (Wildman–Crippen LogP) is 4.32. The second-order valence-electron chi connectivity index (χ2n) is 5.35. The van der Waals surface area contributed by atoms with E-state index in [1.807, 2.05) is 0 Å². The van der Waals surface area contributed by atoms with Gasteiger partial charge in [-0.25, -0.2) is 4.39 Å². The molecule has 26 heavy (non-hydrogen) atoms. The molecule has 1 aromatic heterocycles. The van der Waals surface area contributed by atoms with Crippen molar-refractivity contribution in [2.24, 2.45) is 0 Å². The van der Waals surface area contributed by atoms with Crippen LogP contribution in [0.2, 0.25) is 0 Å². The van der Waals surface area contributed by atoms with Crippen LogP contribution in [0.1, 0.15) is 16.1 Å². The van der Waals surface area contributed by atoms with Gasteiger partial charge in [0.25, 0.3) is 5.91 Å². The van der Waals surface area contributed by atoms with Crippen LogP contribution in [-0.4, -0.2) is 11.8 Å². The summed E-state index contributed by atoms with van der Waals surface area (Å²) in [5, 5.41) is 5.34. The van der Waals surface area contributed by atoms with Crippen molar-refractivity contribution in [3.8, 4) is 0 Å². The average Bonchev–Trinajstić information content (AvgIpc) is 3.17. The van der Waals surface area contributed by atoms with Crippen molar-refractivity contribution in [2.75, 3.05) is 10.6 Å². The molecular weight excluding hydrogens is 335 g/mol. The third-order valence-corrected chi connectivity index (χ3v) is 3.47. The Labute approximate surface area is 149 Å². The Balaban J connectivity index is 1.58. The number of halogens is 1. The molecule has 2 N–H and O–H groups in total. The number of furan rings is 1. The maximum Gasteiger partial charge on any atom is 0.291 e. The Morgan fingerprint density at radius 1 is 0.885 bits per heavy atom. The lowest BCUT2D eigenvalue weighted by molar-refractivity contribution is -0.111. The Kier molecular flexibility index (Phi) is 5.24. The molecule has 2 amide bonds. The SMILES string of the molecule is O=C(/C=C/c1ccccc1F)Nc1ccc(NC(=O)c2ccco2)cc1. The van der Waals surface area contributed by atoms with E-state index in [9.17, 15) is 14.0 Å². The van der Waals surface area contributed by atoms with Crippen molar-refractivity contribution >= 4 is 29.3 Å². The zero-order valence-electron chi connectivity index (χ0n) is 13.6. The van der Waals surface area contributed by atoms with E-state index < -0.39 is 5.82 Å². The molecule has 130 valence electrons. The molecule has 0 spiro atoms. The van der Waals surface area contributed by atoms with Gasteiger partial charge in [0, 0.05) is 23.0 Å². The van der Waals surface area contributed by atoms with Crippen LogP contribution >= 0.6 is 0 Å². The van der Waals surface area contributed by atoms with Crippen LogP contribution in [0.3, 0.4) is 0 Å². The first kappa shape index (κ1) is 17.2. The van der Waals surface area contributed by atoms with Gasteiger partial charge in [0.05, 0.1) is 6.26 Å². The molecule has 0 atom stereocenters. The van der Waals surface area contributed by atoms with Gasteiger partial charge >= 0.3 is 0 Å². The number of benzene rings is 2. The first-order valence-corrected chi connectivity index (χ1v) is 7.80. The Bertz CT molecular complexity index is 932. The van der Waals surface area contributed by atoms with E-state index in [1.165, 1.54) is 24.5 Å². The van der Waals surface area contributed by atoms with Gasteiger partial charge in [0.2, 0.25) is 5.91 Å². The molecule has 0 fully saturated rings. The number of nitrogens with one attached hydrogen (secondary N) is 2. The Morgan fingerprint density at radius 3 is 2.23 bits per heavy atom. The van der Waals surface area contributed by atoms with Gasteiger partial charge < -0.3 is 15.1 Å². The fourth-order valence-electron chi connectivity index (χ4n) is 2.20. The molecule has 0 aliphatic heterocycles.